The predicted octanol–water partition coefficient (Wildman–Crippen LogP) is 1.61. The molecule has 5 N–H and O–H groups in total. The normalized spacial score (nSPS) is 22.9. The topological polar surface area (TPSA) is 94.0 Å². The fourth-order valence-corrected chi connectivity index (χ4v) is 2.50. The Morgan fingerprint density at radius 1 is 1.50 bits per heavy atom. The second-order valence-electron chi connectivity index (χ2n) is 5.16. The molecule has 0 spiro atoms. The first-order valence-electron chi connectivity index (χ1n) is 6.36. The summed E-state index contributed by atoms with van der Waals surface area (Å²) in [6.45, 7) is 3.13. The van der Waals surface area contributed by atoms with Gasteiger partial charge in [-0.1, -0.05) is 13.3 Å². The maximum atomic E-state index is 11.1. The van der Waals surface area contributed by atoms with Crippen LogP contribution >= 0.6 is 0 Å². The van der Waals surface area contributed by atoms with Crippen LogP contribution in [0.3, 0.4) is 0 Å². The number of nitrogens with two attached hydrogens (primary N) is 2. The molecule has 0 saturated heterocycles. The summed E-state index contributed by atoms with van der Waals surface area (Å²) in [4.78, 5) is 15.2. The quantitative estimate of drug-likeness (QED) is 0.754. The third-order valence-electron chi connectivity index (χ3n) is 3.54. The van der Waals surface area contributed by atoms with Crippen LogP contribution in [0.2, 0.25) is 0 Å². The number of hydrogen-bond donors (Lipinski definition) is 3. The number of anilines is 2. The SMILES string of the molecule is CC1CCC(CNc2nc(C(N)=O)ccc2N)C1. The van der Waals surface area contributed by atoms with Gasteiger partial charge >= 0.3 is 0 Å². The lowest BCUT2D eigenvalue weighted by Crippen LogP contribution is -2.17. The zero-order chi connectivity index (χ0) is 13.1. The van der Waals surface area contributed by atoms with E-state index >= 15 is 0 Å². The number of nitrogens with one attached hydrogen (secondary N) is 1. The average molecular weight is 248 g/mol. The van der Waals surface area contributed by atoms with Crippen molar-refractivity contribution < 1.29 is 4.79 Å². The molecule has 1 saturated carbocycles. The number of hydrogen-bond acceptors (Lipinski definition) is 4. The van der Waals surface area contributed by atoms with Gasteiger partial charge in [0.2, 0.25) is 0 Å². The molecule has 5 heteroatoms. The van der Waals surface area contributed by atoms with Crippen LogP contribution in [-0.2, 0) is 0 Å². The summed E-state index contributed by atoms with van der Waals surface area (Å²) in [5.41, 5.74) is 11.8. The highest BCUT2D eigenvalue weighted by atomic mass is 16.1. The Hall–Kier alpha value is -1.78. The molecule has 5 nitrogen and oxygen atoms in total. The second-order valence-corrected chi connectivity index (χ2v) is 5.16. The van der Waals surface area contributed by atoms with E-state index in [2.05, 4.69) is 17.2 Å². The van der Waals surface area contributed by atoms with Crippen molar-refractivity contribution in [3.05, 3.63) is 17.8 Å². The zero-order valence-corrected chi connectivity index (χ0v) is 10.6. The lowest BCUT2D eigenvalue weighted by atomic mass is 10.1. The molecule has 2 unspecified atom stereocenters. The highest BCUT2D eigenvalue weighted by Gasteiger charge is 2.21. The minimum atomic E-state index is -0.535. The summed E-state index contributed by atoms with van der Waals surface area (Å²) >= 11 is 0. The molecule has 98 valence electrons. The number of carbonyl (C=O) groups excluding carboxylic acids is 1. The Balaban J connectivity index is 2.00. The van der Waals surface area contributed by atoms with Crippen LogP contribution in [0.5, 0.6) is 0 Å². The Morgan fingerprint density at radius 2 is 2.28 bits per heavy atom. The summed E-state index contributed by atoms with van der Waals surface area (Å²) < 4.78 is 0. The van der Waals surface area contributed by atoms with Gasteiger partial charge in [-0.15, -0.1) is 0 Å². The van der Waals surface area contributed by atoms with Crippen LogP contribution < -0.4 is 16.8 Å². The molecular weight excluding hydrogens is 228 g/mol. The Labute approximate surface area is 107 Å². The molecule has 1 aliphatic carbocycles. The summed E-state index contributed by atoms with van der Waals surface area (Å²) in [5.74, 6) is 1.50. The summed E-state index contributed by atoms with van der Waals surface area (Å²) in [6.07, 6.45) is 3.77. The van der Waals surface area contributed by atoms with E-state index < -0.39 is 5.91 Å². The molecule has 1 aromatic rings. The van der Waals surface area contributed by atoms with E-state index in [0.717, 1.165) is 12.5 Å². The standard InChI is InChI=1S/C13H20N4O/c1-8-2-3-9(6-8)7-16-13-10(14)4-5-11(17-13)12(15)18/h4-5,8-9H,2-3,6-7,14H2,1H3,(H2,15,18)(H,16,17). The van der Waals surface area contributed by atoms with Crippen LogP contribution in [-0.4, -0.2) is 17.4 Å². The number of nitrogen functional groups attached to an aromatic ring is 1. The first-order chi connectivity index (χ1) is 8.56. The zero-order valence-electron chi connectivity index (χ0n) is 10.6. The van der Waals surface area contributed by atoms with Gasteiger partial charge in [0.15, 0.2) is 0 Å². The molecule has 18 heavy (non-hydrogen) atoms. The van der Waals surface area contributed by atoms with Gasteiger partial charge < -0.3 is 16.8 Å². The van der Waals surface area contributed by atoms with E-state index in [1.807, 2.05) is 0 Å². The van der Waals surface area contributed by atoms with Crippen LogP contribution in [0, 0.1) is 11.8 Å². The van der Waals surface area contributed by atoms with Crippen molar-refractivity contribution in [1.29, 1.82) is 0 Å². The minimum absolute atomic E-state index is 0.242. The molecule has 0 radical (unpaired) electrons. The average Bonchev–Trinajstić information content (AvgIpc) is 2.74. The maximum absolute atomic E-state index is 11.1. The number of primary amides is 1. The van der Waals surface area contributed by atoms with Crippen LogP contribution in [0.25, 0.3) is 0 Å². The van der Waals surface area contributed by atoms with Crippen molar-refractivity contribution in [1.82, 2.24) is 4.98 Å². The van der Waals surface area contributed by atoms with Crippen molar-refractivity contribution in [3.63, 3.8) is 0 Å². The lowest BCUT2D eigenvalue weighted by molar-refractivity contribution is 0.0996. The molecular formula is C13H20N4O. The molecule has 0 aliphatic heterocycles. The Bertz CT molecular complexity index is 447. The largest absolute Gasteiger partial charge is 0.396 e. The molecule has 1 fully saturated rings. The molecule has 2 rings (SSSR count). The number of carbonyl (C=O) groups is 1. The Morgan fingerprint density at radius 3 is 2.89 bits per heavy atom. The van der Waals surface area contributed by atoms with Gasteiger partial charge in [-0.2, -0.15) is 0 Å². The van der Waals surface area contributed by atoms with E-state index in [1.54, 1.807) is 12.1 Å². The van der Waals surface area contributed by atoms with Crippen molar-refractivity contribution in [2.45, 2.75) is 26.2 Å². The summed E-state index contributed by atoms with van der Waals surface area (Å²) in [5, 5.41) is 3.23. The van der Waals surface area contributed by atoms with Crippen LogP contribution in [0.4, 0.5) is 11.5 Å². The van der Waals surface area contributed by atoms with E-state index in [-0.39, 0.29) is 5.69 Å². The van der Waals surface area contributed by atoms with Crippen LogP contribution in [0.15, 0.2) is 12.1 Å². The van der Waals surface area contributed by atoms with Crippen LogP contribution in [0.1, 0.15) is 36.7 Å². The number of aromatic nitrogens is 1. The first-order valence-corrected chi connectivity index (χ1v) is 6.36. The van der Waals surface area contributed by atoms with Gasteiger partial charge in [0, 0.05) is 6.54 Å². The van der Waals surface area contributed by atoms with E-state index in [4.69, 9.17) is 11.5 Å². The monoisotopic (exact) mass is 248 g/mol. The molecule has 1 heterocycles. The lowest BCUT2D eigenvalue weighted by Gasteiger charge is -2.13. The maximum Gasteiger partial charge on any atom is 0.267 e. The molecule has 2 atom stereocenters. The number of pyridine rings is 1. The fourth-order valence-electron chi connectivity index (χ4n) is 2.50. The molecule has 0 bridgehead atoms. The summed E-state index contributed by atoms with van der Waals surface area (Å²) in [6, 6.07) is 3.20. The van der Waals surface area contributed by atoms with Gasteiger partial charge in [0.1, 0.15) is 11.5 Å². The second kappa shape index (κ2) is 5.25. The molecule has 1 aromatic heterocycles. The van der Waals surface area contributed by atoms with Gasteiger partial charge in [0.05, 0.1) is 5.69 Å². The van der Waals surface area contributed by atoms with Crippen molar-refractivity contribution in [3.8, 4) is 0 Å². The predicted molar refractivity (Wildman–Crippen MR) is 72.2 cm³/mol. The third-order valence-corrected chi connectivity index (χ3v) is 3.54. The van der Waals surface area contributed by atoms with Gasteiger partial charge in [0.25, 0.3) is 5.91 Å². The Kier molecular flexibility index (Phi) is 3.69. The third kappa shape index (κ3) is 2.91. The fraction of sp³-hybridized carbons (Fsp3) is 0.538. The molecule has 0 aromatic carbocycles. The van der Waals surface area contributed by atoms with E-state index in [0.29, 0.717) is 17.4 Å². The highest BCUT2D eigenvalue weighted by molar-refractivity contribution is 5.91. The van der Waals surface area contributed by atoms with Crippen molar-refractivity contribution in [2.75, 3.05) is 17.6 Å². The van der Waals surface area contributed by atoms with E-state index in [9.17, 15) is 4.79 Å². The number of rotatable bonds is 4. The van der Waals surface area contributed by atoms with Gasteiger partial charge in [-0.3, -0.25) is 4.79 Å². The molecule has 1 aliphatic rings. The van der Waals surface area contributed by atoms with Crippen molar-refractivity contribution >= 4 is 17.4 Å². The van der Waals surface area contributed by atoms with Gasteiger partial charge in [-0.05, 0) is 36.8 Å². The minimum Gasteiger partial charge on any atom is -0.396 e. The first kappa shape index (κ1) is 12.7. The van der Waals surface area contributed by atoms with Gasteiger partial charge in [-0.25, -0.2) is 4.98 Å². The summed E-state index contributed by atoms with van der Waals surface area (Å²) in [7, 11) is 0. The molecule has 1 amide bonds. The number of nitrogens with zero attached hydrogens (tertiary/aromatic N) is 1. The highest BCUT2D eigenvalue weighted by Crippen LogP contribution is 2.30. The number of amides is 1. The van der Waals surface area contributed by atoms with Crippen molar-refractivity contribution in [2.24, 2.45) is 17.6 Å². The van der Waals surface area contributed by atoms with E-state index in [1.165, 1.54) is 19.3 Å². The smallest absolute Gasteiger partial charge is 0.267 e.